The van der Waals surface area contributed by atoms with Crippen molar-refractivity contribution in [2.24, 2.45) is 5.14 Å². The first kappa shape index (κ1) is 13.8. The summed E-state index contributed by atoms with van der Waals surface area (Å²) < 4.78 is 24.5. The van der Waals surface area contributed by atoms with Gasteiger partial charge < -0.3 is 10.2 Å². The number of nitrogens with zero attached hydrogens (tertiary/aromatic N) is 3. The summed E-state index contributed by atoms with van der Waals surface area (Å²) in [7, 11) is -3.77. The predicted octanol–water partition coefficient (Wildman–Crippen LogP) is -0.827. The van der Waals surface area contributed by atoms with Gasteiger partial charge in [0.1, 0.15) is 4.90 Å². The maximum absolute atomic E-state index is 11.5. The third-order valence-electron chi connectivity index (χ3n) is 3.13. The molecule has 2 rings (SSSR count). The Labute approximate surface area is 111 Å². The minimum absolute atomic E-state index is 0.0679. The Kier molecular flexibility index (Phi) is 3.50. The van der Waals surface area contributed by atoms with Gasteiger partial charge in [-0.3, -0.25) is 4.68 Å². The first-order chi connectivity index (χ1) is 8.80. The van der Waals surface area contributed by atoms with E-state index in [1.165, 1.54) is 0 Å². The predicted molar refractivity (Wildman–Crippen MR) is 68.0 cm³/mol. The molecule has 1 aromatic heterocycles. The molecule has 0 spiro atoms. The zero-order valence-electron chi connectivity index (χ0n) is 10.9. The van der Waals surface area contributed by atoms with Gasteiger partial charge in [0.25, 0.3) is 0 Å². The van der Waals surface area contributed by atoms with Crippen molar-refractivity contribution in [2.45, 2.75) is 25.3 Å². The zero-order chi connectivity index (χ0) is 14.2. The third kappa shape index (κ3) is 2.71. The molecule has 2 heterocycles. The first-order valence-corrected chi connectivity index (χ1v) is 7.45. The van der Waals surface area contributed by atoms with Crippen LogP contribution in [0.1, 0.15) is 11.4 Å². The molecule has 1 saturated heterocycles. The number of amides is 2. The van der Waals surface area contributed by atoms with Gasteiger partial charge in [-0.2, -0.15) is 5.10 Å². The zero-order valence-corrected chi connectivity index (χ0v) is 11.7. The van der Waals surface area contributed by atoms with E-state index in [9.17, 15) is 13.2 Å². The third-order valence-corrected chi connectivity index (χ3v) is 4.29. The molecule has 3 N–H and O–H groups in total. The second-order valence-corrected chi connectivity index (χ2v) is 5.99. The van der Waals surface area contributed by atoms with Crippen LogP contribution in [0.4, 0.5) is 4.79 Å². The SMILES string of the molecule is Cc1nn(CCN2CCNC2=O)c(C)c1S(N)(=O)=O. The second kappa shape index (κ2) is 4.82. The topological polar surface area (TPSA) is 110 Å². The number of rotatable bonds is 4. The highest BCUT2D eigenvalue weighted by atomic mass is 32.2. The van der Waals surface area contributed by atoms with Crippen LogP contribution in [0, 0.1) is 13.8 Å². The van der Waals surface area contributed by atoms with Crippen molar-refractivity contribution in [1.82, 2.24) is 20.0 Å². The number of carbonyl (C=O) groups is 1. The van der Waals surface area contributed by atoms with Gasteiger partial charge in [0.15, 0.2) is 0 Å². The molecule has 19 heavy (non-hydrogen) atoms. The monoisotopic (exact) mass is 287 g/mol. The average Bonchev–Trinajstić information content (AvgIpc) is 2.79. The molecule has 0 atom stereocenters. The van der Waals surface area contributed by atoms with Crippen molar-refractivity contribution in [2.75, 3.05) is 19.6 Å². The molecule has 1 aromatic rings. The molecule has 0 aliphatic carbocycles. The molecule has 0 saturated carbocycles. The van der Waals surface area contributed by atoms with Crippen LogP contribution in [0.2, 0.25) is 0 Å². The molecule has 1 fully saturated rings. The van der Waals surface area contributed by atoms with E-state index in [0.717, 1.165) is 0 Å². The lowest BCUT2D eigenvalue weighted by Crippen LogP contribution is -2.31. The number of nitrogens with two attached hydrogens (primary N) is 1. The molecule has 0 aromatic carbocycles. The Morgan fingerprint density at radius 3 is 2.53 bits per heavy atom. The Morgan fingerprint density at radius 1 is 1.37 bits per heavy atom. The minimum atomic E-state index is -3.77. The quantitative estimate of drug-likeness (QED) is 0.753. The second-order valence-electron chi connectivity index (χ2n) is 4.49. The fraction of sp³-hybridized carbons (Fsp3) is 0.600. The van der Waals surface area contributed by atoms with E-state index < -0.39 is 10.0 Å². The van der Waals surface area contributed by atoms with Crippen molar-refractivity contribution < 1.29 is 13.2 Å². The smallest absolute Gasteiger partial charge is 0.317 e. The summed E-state index contributed by atoms with van der Waals surface area (Å²) >= 11 is 0. The van der Waals surface area contributed by atoms with Gasteiger partial charge in [0.2, 0.25) is 10.0 Å². The molecule has 0 radical (unpaired) electrons. The highest BCUT2D eigenvalue weighted by molar-refractivity contribution is 7.89. The molecule has 2 amide bonds. The van der Waals surface area contributed by atoms with Gasteiger partial charge in [0.05, 0.1) is 17.9 Å². The summed E-state index contributed by atoms with van der Waals surface area (Å²) in [6, 6.07) is -0.104. The van der Waals surface area contributed by atoms with E-state index in [1.807, 2.05) is 0 Å². The number of primary sulfonamides is 1. The fourth-order valence-electron chi connectivity index (χ4n) is 2.25. The van der Waals surface area contributed by atoms with E-state index in [-0.39, 0.29) is 10.9 Å². The number of aromatic nitrogens is 2. The van der Waals surface area contributed by atoms with Gasteiger partial charge in [-0.05, 0) is 13.8 Å². The average molecular weight is 287 g/mol. The summed E-state index contributed by atoms with van der Waals surface area (Å²) in [6.45, 7) is 5.47. The van der Waals surface area contributed by atoms with Crippen molar-refractivity contribution >= 4 is 16.1 Å². The fourth-order valence-corrected chi connectivity index (χ4v) is 3.22. The number of carbonyl (C=O) groups excluding carboxylic acids is 1. The number of urea groups is 1. The maximum atomic E-state index is 11.5. The number of hydrogen-bond acceptors (Lipinski definition) is 4. The number of sulfonamides is 1. The molecule has 0 bridgehead atoms. The van der Waals surface area contributed by atoms with Crippen molar-refractivity contribution in [3.63, 3.8) is 0 Å². The van der Waals surface area contributed by atoms with Crippen molar-refractivity contribution in [1.29, 1.82) is 0 Å². The summed E-state index contributed by atoms with van der Waals surface area (Å²) in [5.41, 5.74) is 0.880. The van der Waals surface area contributed by atoms with Gasteiger partial charge in [-0.1, -0.05) is 0 Å². The van der Waals surface area contributed by atoms with E-state index in [2.05, 4.69) is 10.4 Å². The summed E-state index contributed by atoms with van der Waals surface area (Å²) in [5.74, 6) is 0. The van der Waals surface area contributed by atoms with Crippen LogP contribution in [-0.2, 0) is 16.6 Å². The first-order valence-electron chi connectivity index (χ1n) is 5.90. The Balaban J connectivity index is 2.16. The van der Waals surface area contributed by atoms with Crippen LogP contribution in [0.5, 0.6) is 0 Å². The van der Waals surface area contributed by atoms with E-state index in [4.69, 9.17) is 5.14 Å². The molecule has 106 valence electrons. The molecule has 9 heteroatoms. The Hall–Kier alpha value is -1.61. The van der Waals surface area contributed by atoms with Gasteiger partial charge in [-0.25, -0.2) is 18.4 Å². The van der Waals surface area contributed by atoms with Gasteiger partial charge >= 0.3 is 6.03 Å². The highest BCUT2D eigenvalue weighted by Gasteiger charge is 2.23. The summed E-state index contributed by atoms with van der Waals surface area (Å²) in [4.78, 5) is 13.1. The molecule has 8 nitrogen and oxygen atoms in total. The molecule has 0 unspecified atom stereocenters. The summed E-state index contributed by atoms with van der Waals surface area (Å²) in [5, 5.41) is 12.0. The normalized spacial score (nSPS) is 15.9. The van der Waals surface area contributed by atoms with Gasteiger partial charge in [0, 0.05) is 19.6 Å². The van der Waals surface area contributed by atoms with Crippen LogP contribution < -0.4 is 10.5 Å². The van der Waals surface area contributed by atoms with Crippen LogP contribution in [0.15, 0.2) is 4.90 Å². The van der Waals surface area contributed by atoms with Crippen LogP contribution in [0.25, 0.3) is 0 Å². The van der Waals surface area contributed by atoms with E-state index in [1.54, 1.807) is 23.4 Å². The highest BCUT2D eigenvalue weighted by Crippen LogP contribution is 2.17. The minimum Gasteiger partial charge on any atom is -0.336 e. The molecule has 1 aliphatic heterocycles. The lowest BCUT2D eigenvalue weighted by Gasteiger charge is -2.14. The van der Waals surface area contributed by atoms with Crippen LogP contribution in [-0.4, -0.2) is 48.8 Å². The Morgan fingerprint density at radius 2 is 2.05 bits per heavy atom. The molecular formula is C10H17N5O3S. The van der Waals surface area contributed by atoms with E-state index >= 15 is 0 Å². The number of nitrogens with one attached hydrogen (secondary N) is 1. The van der Waals surface area contributed by atoms with E-state index in [0.29, 0.717) is 37.6 Å². The number of aryl methyl sites for hydroxylation is 1. The lowest BCUT2D eigenvalue weighted by atomic mass is 10.4. The molecule has 1 aliphatic rings. The van der Waals surface area contributed by atoms with Crippen molar-refractivity contribution in [3.05, 3.63) is 11.4 Å². The van der Waals surface area contributed by atoms with Gasteiger partial charge in [-0.15, -0.1) is 0 Å². The summed E-state index contributed by atoms with van der Waals surface area (Å²) in [6.07, 6.45) is 0. The molecular weight excluding hydrogens is 270 g/mol. The standard InChI is InChI=1S/C10H17N5O3S/c1-7-9(19(11,17)18)8(2)15(13-7)6-5-14-4-3-12-10(14)16/h3-6H2,1-2H3,(H,12,16)(H2,11,17,18). The van der Waals surface area contributed by atoms with Crippen molar-refractivity contribution in [3.8, 4) is 0 Å². The van der Waals surface area contributed by atoms with Crippen LogP contribution in [0.3, 0.4) is 0 Å². The largest absolute Gasteiger partial charge is 0.336 e. The number of hydrogen-bond donors (Lipinski definition) is 2. The van der Waals surface area contributed by atoms with Crippen LogP contribution >= 0.6 is 0 Å². The lowest BCUT2D eigenvalue weighted by molar-refractivity contribution is 0.215. The Bertz CT molecular complexity index is 607. The maximum Gasteiger partial charge on any atom is 0.317 e.